The zero-order valence-corrected chi connectivity index (χ0v) is 9.98. The van der Waals surface area contributed by atoms with Crippen molar-refractivity contribution in [1.82, 2.24) is 10.3 Å². The largest absolute Gasteiger partial charge is 0.348 e. The van der Waals surface area contributed by atoms with Gasteiger partial charge in [0.15, 0.2) is 0 Å². The minimum atomic E-state index is -0.592. The van der Waals surface area contributed by atoms with Crippen LogP contribution in [-0.2, 0) is 6.54 Å². The van der Waals surface area contributed by atoms with Crippen LogP contribution in [0.15, 0.2) is 42.6 Å². The standard InChI is InChI=1S/C14H13FN2O/c1-10-4-2-3-5-11(10)8-17-14(18)12-6-7-13(15)16-9-12/h2-7,9H,8H2,1H3,(H,17,18). The molecule has 0 aliphatic heterocycles. The molecule has 1 aromatic heterocycles. The first-order valence-electron chi connectivity index (χ1n) is 5.61. The number of aromatic nitrogens is 1. The molecule has 2 rings (SSSR count). The maximum absolute atomic E-state index is 12.6. The van der Waals surface area contributed by atoms with Crippen molar-refractivity contribution in [1.29, 1.82) is 0 Å². The van der Waals surface area contributed by atoms with Gasteiger partial charge in [0.1, 0.15) is 0 Å². The number of aryl methyl sites for hydroxylation is 1. The number of benzene rings is 1. The van der Waals surface area contributed by atoms with Gasteiger partial charge in [0, 0.05) is 12.7 Å². The van der Waals surface area contributed by atoms with Gasteiger partial charge in [-0.3, -0.25) is 4.79 Å². The minimum Gasteiger partial charge on any atom is -0.348 e. The molecule has 1 amide bonds. The Hall–Kier alpha value is -2.23. The summed E-state index contributed by atoms with van der Waals surface area (Å²) in [4.78, 5) is 15.2. The average Bonchev–Trinajstić information content (AvgIpc) is 2.38. The van der Waals surface area contributed by atoms with Gasteiger partial charge in [-0.25, -0.2) is 4.98 Å². The summed E-state index contributed by atoms with van der Waals surface area (Å²) in [6.07, 6.45) is 1.22. The van der Waals surface area contributed by atoms with E-state index in [4.69, 9.17) is 0 Å². The number of carbonyl (C=O) groups is 1. The molecule has 0 saturated carbocycles. The maximum Gasteiger partial charge on any atom is 0.253 e. The Labute approximate surface area is 105 Å². The molecule has 0 fully saturated rings. The second kappa shape index (κ2) is 5.40. The fourth-order valence-electron chi connectivity index (χ4n) is 1.60. The summed E-state index contributed by atoms with van der Waals surface area (Å²) in [7, 11) is 0. The second-order valence-electron chi connectivity index (χ2n) is 3.98. The third-order valence-electron chi connectivity index (χ3n) is 2.69. The van der Waals surface area contributed by atoms with Crippen LogP contribution >= 0.6 is 0 Å². The number of halogens is 1. The van der Waals surface area contributed by atoms with Gasteiger partial charge >= 0.3 is 0 Å². The molecule has 92 valence electrons. The number of hydrogen-bond acceptors (Lipinski definition) is 2. The highest BCUT2D eigenvalue weighted by Gasteiger charge is 2.06. The van der Waals surface area contributed by atoms with Crippen LogP contribution in [0.25, 0.3) is 0 Å². The first-order valence-corrected chi connectivity index (χ1v) is 5.61. The first-order chi connectivity index (χ1) is 8.66. The summed E-state index contributed by atoms with van der Waals surface area (Å²) in [5, 5.41) is 2.77. The number of carbonyl (C=O) groups excluding carboxylic acids is 1. The van der Waals surface area contributed by atoms with E-state index in [0.717, 1.165) is 11.1 Å². The van der Waals surface area contributed by atoms with Gasteiger partial charge in [0.25, 0.3) is 5.91 Å². The molecular formula is C14H13FN2O. The Bertz CT molecular complexity index is 552. The molecule has 1 heterocycles. The number of nitrogens with zero attached hydrogens (tertiary/aromatic N) is 1. The van der Waals surface area contributed by atoms with E-state index in [1.54, 1.807) is 0 Å². The Morgan fingerprint density at radius 3 is 2.72 bits per heavy atom. The normalized spacial score (nSPS) is 10.1. The van der Waals surface area contributed by atoms with E-state index in [1.807, 2.05) is 31.2 Å². The van der Waals surface area contributed by atoms with Crippen LogP contribution in [0.3, 0.4) is 0 Å². The van der Waals surface area contributed by atoms with Crippen LogP contribution in [-0.4, -0.2) is 10.9 Å². The van der Waals surface area contributed by atoms with Gasteiger partial charge in [-0.2, -0.15) is 4.39 Å². The van der Waals surface area contributed by atoms with Gasteiger partial charge in [0.05, 0.1) is 5.56 Å². The van der Waals surface area contributed by atoms with Crippen molar-refractivity contribution in [3.63, 3.8) is 0 Å². The van der Waals surface area contributed by atoms with Crippen LogP contribution in [0.2, 0.25) is 0 Å². The summed E-state index contributed by atoms with van der Waals surface area (Å²) in [6, 6.07) is 10.4. The van der Waals surface area contributed by atoms with Crippen molar-refractivity contribution < 1.29 is 9.18 Å². The number of nitrogens with one attached hydrogen (secondary N) is 1. The molecule has 3 nitrogen and oxygen atoms in total. The second-order valence-corrected chi connectivity index (χ2v) is 3.98. The van der Waals surface area contributed by atoms with Crippen molar-refractivity contribution in [2.75, 3.05) is 0 Å². The maximum atomic E-state index is 12.6. The Kier molecular flexibility index (Phi) is 3.67. The van der Waals surface area contributed by atoms with E-state index >= 15 is 0 Å². The monoisotopic (exact) mass is 244 g/mol. The van der Waals surface area contributed by atoms with Crippen molar-refractivity contribution in [2.45, 2.75) is 13.5 Å². The van der Waals surface area contributed by atoms with Crippen LogP contribution in [0.5, 0.6) is 0 Å². The molecule has 18 heavy (non-hydrogen) atoms. The predicted molar refractivity (Wildman–Crippen MR) is 66.5 cm³/mol. The lowest BCUT2D eigenvalue weighted by Crippen LogP contribution is -2.23. The number of hydrogen-bond donors (Lipinski definition) is 1. The SMILES string of the molecule is Cc1ccccc1CNC(=O)c1ccc(F)nc1. The average molecular weight is 244 g/mol. The highest BCUT2D eigenvalue weighted by atomic mass is 19.1. The summed E-state index contributed by atoms with van der Waals surface area (Å²) in [5.74, 6) is -0.851. The minimum absolute atomic E-state index is 0.259. The molecule has 2 aromatic rings. The van der Waals surface area contributed by atoms with Gasteiger partial charge in [0.2, 0.25) is 5.95 Å². The highest BCUT2D eigenvalue weighted by Crippen LogP contribution is 2.07. The summed E-state index contributed by atoms with van der Waals surface area (Å²) in [5.41, 5.74) is 2.53. The molecule has 0 atom stereocenters. The molecule has 0 radical (unpaired) electrons. The molecule has 1 aromatic carbocycles. The van der Waals surface area contributed by atoms with E-state index in [1.165, 1.54) is 18.3 Å². The van der Waals surface area contributed by atoms with Gasteiger partial charge in [-0.1, -0.05) is 24.3 Å². The van der Waals surface area contributed by atoms with Crippen molar-refractivity contribution in [3.05, 3.63) is 65.2 Å². The van der Waals surface area contributed by atoms with Crippen LogP contribution < -0.4 is 5.32 Å². The zero-order valence-electron chi connectivity index (χ0n) is 9.98. The van der Waals surface area contributed by atoms with Crippen LogP contribution in [0.4, 0.5) is 4.39 Å². The van der Waals surface area contributed by atoms with E-state index in [9.17, 15) is 9.18 Å². The Morgan fingerprint density at radius 2 is 2.06 bits per heavy atom. The van der Waals surface area contributed by atoms with E-state index in [-0.39, 0.29) is 5.91 Å². The lowest BCUT2D eigenvalue weighted by molar-refractivity contribution is 0.0950. The number of rotatable bonds is 3. The predicted octanol–water partition coefficient (Wildman–Crippen LogP) is 2.46. The molecule has 0 saturated heterocycles. The van der Waals surface area contributed by atoms with Gasteiger partial charge in [-0.05, 0) is 30.2 Å². The lowest BCUT2D eigenvalue weighted by Gasteiger charge is -2.07. The fourth-order valence-corrected chi connectivity index (χ4v) is 1.60. The molecular weight excluding hydrogens is 231 g/mol. The molecule has 0 aliphatic rings. The van der Waals surface area contributed by atoms with Crippen molar-refractivity contribution in [3.8, 4) is 0 Å². The quantitative estimate of drug-likeness (QED) is 0.843. The molecule has 1 N–H and O–H groups in total. The van der Waals surface area contributed by atoms with Crippen LogP contribution in [0.1, 0.15) is 21.5 Å². The first kappa shape index (κ1) is 12.2. The van der Waals surface area contributed by atoms with Crippen LogP contribution in [0, 0.1) is 12.9 Å². The number of amides is 1. The molecule has 4 heteroatoms. The van der Waals surface area contributed by atoms with Crippen molar-refractivity contribution in [2.24, 2.45) is 0 Å². The summed E-state index contributed by atoms with van der Waals surface area (Å²) in [6.45, 7) is 2.43. The molecule has 0 unspecified atom stereocenters. The zero-order chi connectivity index (χ0) is 13.0. The van der Waals surface area contributed by atoms with Gasteiger partial charge < -0.3 is 5.32 Å². The smallest absolute Gasteiger partial charge is 0.253 e. The van der Waals surface area contributed by atoms with E-state index in [0.29, 0.717) is 12.1 Å². The Balaban J connectivity index is 2.01. The number of pyridine rings is 1. The Morgan fingerprint density at radius 1 is 1.28 bits per heavy atom. The topological polar surface area (TPSA) is 42.0 Å². The third kappa shape index (κ3) is 2.91. The highest BCUT2D eigenvalue weighted by molar-refractivity contribution is 5.93. The molecule has 0 aliphatic carbocycles. The summed E-state index contributed by atoms with van der Waals surface area (Å²) >= 11 is 0. The molecule has 0 bridgehead atoms. The molecule has 0 spiro atoms. The lowest BCUT2D eigenvalue weighted by atomic mass is 10.1. The van der Waals surface area contributed by atoms with E-state index < -0.39 is 5.95 Å². The fraction of sp³-hybridized carbons (Fsp3) is 0.143. The van der Waals surface area contributed by atoms with E-state index in [2.05, 4.69) is 10.3 Å². The third-order valence-corrected chi connectivity index (χ3v) is 2.69. The summed E-state index contributed by atoms with van der Waals surface area (Å²) < 4.78 is 12.6. The van der Waals surface area contributed by atoms with Gasteiger partial charge in [-0.15, -0.1) is 0 Å². The van der Waals surface area contributed by atoms with Crippen molar-refractivity contribution >= 4 is 5.91 Å².